The van der Waals surface area contributed by atoms with E-state index in [1.807, 2.05) is 0 Å². The molecule has 0 saturated heterocycles. The van der Waals surface area contributed by atoms with Gasteiger partial charge in [0.25, 0.3) is 16.0 Å². The molecule has 12 heteroatoms. The van der Waals surface area contributed by atoms with Crippen LogP contribution in [0.15, 0.2) is 81.9 Å². The van der Waals surface area contributed by atoms with Gasteiger partial charge in [-0.05, 0) is 79.9 Å². The van der Waals surface area contributed by atoms with Gasteiger partial charge in [-0.3, -0.25) is 8.98 Å². The van der Waals surface area contributed by atoms with E-state index in [-0.39, 0.29) is 16.1 Å². The molecule has 0 heterocycles. The largest absolute Gasteiger partial charge is 0.505 e. The van der Waals surface area contributed by atoms with Crippen LogP contribution in [0.3, 0.4) is 0 Å². The predicted molar refractivity (Wildman–Crippen MR) is 154 cm³/mol. The average Bonchev–Trinajstić information content (AvgIpc) is 2.95. The molecular weight excluding hydrogens is 550 g/mol. The van der Waals surface area contributed by atoms with E-state index in [1.165, 1.54) is 33.5 Å². The van der Waals surface area contributed by atoms with E-state index >= 15 is 0 Å². The number of azo groups is 1. The maximum atomic E-state index is 13.2. The summed E-state index contributed by atoms with van der Waals surface area (Å²) in [4.78, 5) is 12.6. The van der Waals surface area contributed by atoms with Crippen LogP contribution in [0, 0.1) is 0 Å². The monoisotopic (exact) mass is 579 g/mol. The number of phenols is 1. The third kappa shape index (κ3) is 6.73. The number of nitrogens with one attached hydrogen (secondary N) is 1. The molecule has 0 saturated carbocycles. The second-order valence-corrected chi connectivity index (χ2v) is 10.6. The van der Waals surface area contributed by atoms with Crippen LogP contribution in [0.5, 0.6) is 23.0 Å². The zero-order valence-electron chi connectivity index (χ0n) is 23.0. The number of nitrogens with zero attached hydrogens (tertiary/aromatic N) is 2. The molecule has 1 amide bonds. The van der Waals surface area contributed by atoms with Gasteiger partial charge in [0, 0.05) is 22.7 Å². The highest BCUT2D eigenvalue weighted by Gasteiger charge is 2.26. The van der Waals surface area contributed by atoms with Crippen LogP contribution >= 0.6 is 0 Å². The summed E-state index contributed by atoms with van der Waals surface area (Å²) in [5, 5.41) is 22.7. The number of fused-ring (bicyclic) bond motifs is 1. The van der Waals surface area contributed by atoms with Gasteiger partial charge < -0.3 is 24.6 Å². The first-order valence-electron chi connectivity index (χ1n) is 12.4. The van der Waals surface area contributed by atoms with Crippen LogP contribution in [-0.4, -0.2) is 46.9 Å². The maximum Gasteiger partial charge on any atom is 0.299 e. The second-order valence-electron chi connectivity index (χ2n) is 9.06. The van der Waals surface area contributed by atoms with Crippen molar-refractivity contribution in [3.63, 3.8) is 0 Å². The summed E-state index contributed by atoms with van der Waals surface area (Å²) >= 11 is 0. The first-order chi connectivity index (χ1) is 19.5. The molecule has 0 aromatic heterocycles. The minimum absolute atomic E-state index is 0.283. The summed E-state index contributed by atoms with van der Waals surface area (Å²) in [7, 11) is 0.124. The van der Waals surface area contributed by atoms with Crippen molar-refractivity contribution in [3.8, 4) is 23.0 Å². The molecule has 0 radical (unpaired) electrons. The van der Waals surface area contributed by atoms with Crippen molar-refractivity contribution in [1.29, 1.82) is 0 Å². The molecule has 0 unspecified atom stereocenters. The third-order valence-corrected chi connectivity index (χ3v) is 7.34. The number of carbonyl (C=O) groups is 1. The Balaban J connectivity index is 1.77. The molecule has 0 spiro atoms. The summed E-state index contributed by atoms with van der Waals surface area (Å²) < 4.78 is 47.1. The topological polar surface area (TPSA) is 145 Å². The fourth-order valence-electron chi connectivity index (χ4n) is 3.92. The van der Waals surface area contributed by atoms with Gasteiger partial charge >= 0.3 is 0 Å². The molecule has 0 bridgehead atoms. The molecule has 4 aromatic carbocycles. The predicted octanol–water partition coefficient (Wildman–Crippen LogP) is 6.35. The smallest absolute Gasteiger partial charge is 0.299 e. The van der Waals surface area contributed by atoms with Crippen molar-refractivity contribution < 1.29 is 36.7 Å². The molecular formula is C29H29N3O8S. The van der Waals surface area contributed by atoms with Crippen LogP contribution in [0.25, 0.3) is 10.8 Å². The van der Waals surface area contributed by atoms with Crippen molar-refractivity contribution in [3.05, 3.63) is 72.3 Å². The van der Waals surface area contributed by atoms with Crippen LogP contribution in [0.1, 0.15) is 24.2 Å². The number of hydrogen-bond acceptors (Lipinski definition) is 10. The number of hydrogen-bond donors (Lipinski definition) is 2. The average molecular weight is 580 g/mol. The van der Waals surface area contributed by atoms with Crippen molar-refractivity contribution in [1.82, 2.24) is 0 Å². The summed E-state index contributed by atoms with van der Waals surface area (Å²) in [6.07, 6.45) is -0.672. The standard InChI is InChI=1S/C29H29N3O8S/c1-17(2)40-41(35,36)26-15-18-12-21(30-29(34)19-13-23(38-4)16-24(14-19)39-5)8-11-25(18)28(33)27(26)32-31-20-6-9-22(37-3)10-7-20/h6-17,33H,1-5H3,(H,30,34). The summed E-state index contributed by atoms with van der Waals surface area (Å²) in [5.41, 5.74) is 0.761. The lowest BCUT2D eigenvalue weighted by Gasteiger charge is -2.14. The zero-order valence-corrected chi connectivity index (χ0v) is 23.9. The quantitative estimate of drug-likeness (QED) is 0.163. The van der Waals surface area contributed by atoms with E-state index in [9.17, 15) is 18.3 Å². The fourth-order valence-corrected chi connectivity index (χ4v) is 5.18. The van der Waals surface area contributed by atoms with E-state index in [0.29, 0.717) is 39.4 Å². The molecule has 2 N–H and O–H groups in total. The van der Waals surface area contributed by atoms with Gasteiger partial charge in [0.1, 0.15) is 27.8 Å². The van der Waals surface area contributed by atoms with Gasteiger partial charge in [-0.15, -0.1) is 5.11 Å². The number of amides is 1. The highest BCUT2D eigenvalue weighted by Crippen LogP contribution is 2.43. The molecule has 4 aromatic rings. The van der Waals surface area contributed by atoms with E-state index in [2.05, 4.69) is 15.5 Å². The lowest BCUT2D eigenvalue weighted by Crippen LogP contribution is -2.13. The van der Waals surface area contributed by atoms with Gasteiger partial charge in [0.15, 0.2) is 5.75 Å². The molecule has 214 valence electrons. The van der Waals surface area contributed by atoms with E-state index in [0.717, 1.165) is 0 Å². The van der Waals surface area contributed by atoms with Crippen LogP contribution in [0.2, 0.25) is 0 Å². The molecule has 0 aliphatic heterocycles. The number of methoxy groups -OCH3 is 3. The maximum absolute atomic E-state index is 13.2. The lowest BCUT2D eigenvalue weighted by molar-refractivity contribution is 0.102. The van der Waals surface area contributed by atoms with Crippen LogP contribution < -0.4 is 19.5 Å². The van der Waals surface area contributed by atoms with Gasteiger partial charge in [-0.25, -0.2) is 0 Å². The van der Waals surface area contributed by atoms with Crippen molar-refractivity contribution in [2.45, 2.75) is 24.8 Å². The minimum atomic E-state index is -4.36. The van der Waals surface area contributed by atoms with Gasteiger partial charge in [-0.2, -0.15) is 13.5 Å². The Hall–Kier alpha value is -4.68. The summed E-state index contributed by atoms with van der Waals surface area (Å²) in [6, 6.07) is 17.3. The molecule has 4 rings (SSSR count). The van der Waals surface area contributed by atoms with Crippen molar-refractivity contribution in [2.75, 3.05) is 26.6 Å². The van der Waals surface area contributed by atoms with Crippen molar-refractivity contribution in [2.24, 2.45) is 10.2 Å². The SMILES string of the molecule is COc1ccc(N=Nc2c(S(=O)(=O)OC(C)C)cc3cc(NC(=O)c4cc(OC)cc(OC)c4)ccc3c2O)cc1. The number of carbonyl (C=O) groups excluding carboxylic acids is 1. The number of ether oxygens (including phenoxy) is 3. The van der Waals surface area contributed by atoms with E-state index in [4.69, 9.17) is 18.4 Å². The first kappa shape index (κ1) is 29.3. The molecule has 41 heavy (non-hydrogen) atoms. The van der Waals surface area contributed by atoms with Gasteiger partial charge in [0.2, 0.25) is 0 Å². The normalized spacial score (nSPS) is 11.7. The van der Waals surface area contributed by atoms with Crippen molar-refractivity contribution >= 4 is 43.9 Å². The van der Waals surface area contributed by atoms with Crippen LogP contribution in [0.4, 0.5) is 17.1 Å². The molecule has 0 aliphatic carbocycles. The Kier molecular flexibility index (Phi) is 8.74. The number of benzene rings is 4. The van der Waals surface area contributed by atoms with Gasteiger partial charge in [0.05, 0.1) is 33.1 Å². The highest BCUT2D eigenvalue weighted by atomic mass is 32.2. The number of rotatable bonds is 10. The number of phenolic OH excluding ortho intramolecular Hbond substituents is 1. The zero-order chi connectivity index (χ0) is 29.7. The fraction of sp³-hybridized carbons (Fsp3) is 0.207. The Bertz CT molecular complexity index is 1700. The van der Waals surface area contributed by atoms with E-state index in [1.54, 1.807) is 68.4 Å². The van der Waals surface area contributed by atoms with Gasteiger partial charge in [-0.1, -0.05) is 0 Å². The second kappa shape index (κ2) is 12.2. The first-order valence-corrected chi connectivity index (χ1v) is 13.8. The number of aromatic hydroxyl groups is 1. The Labute approximate surface area is 237 Å². The summed E-state index contributed by atoms with van der Waals surface area (Å²) in [6.45, 7) is 3.14. The minimum Gasteiger partial charge on any atom is -0.505 e. The van der Waals surface area contributed by atoms with E-state index < -0.39 is 27.9 Å². The Morgan fingerprint density at radius 1 is 0.829 bits per heavy atom. The lowest BCUT2D eigenvalue weighted by atomic mass is 10.1. The molecule has 0 fully saturated rings. The van der Waals surface area contributed by atoms with Crippen LogP contribution in [-0.2, 0) is 14.3 Å². The summed E-state index contributed by atoms with van der Waals surface area (Å²) in [5.74, 6) is 0.621. The highest BCUT2D eigenvalue weighted by molar-refractivity contribution is 7.87. The molecule has 11 nitrogen and oxygen atoms in total. The molecule has 0 aliphatic rings. The third-order valence-electron chi connectivity index (χ3n) is 5.85. The Morgan fingerprint density at radius 2 is 1.46 bits per heavy atom. The molecule has 0 atom stereocenters. The Morgan fingerprint density at radius 3 is 2.05 bits per heavy atom. The number of anilines is 1.